The summed E-state index contributed by atoms with van der Waals surface area (Å²) in [6.45, 7) is 4.10. The summed E-state index contributed by atoms with van der Waals surface area (Å²) >= 11 is 5.87. The van der Waals surface area contributed by atoms with Gasteiger partial charge in [-0.3, -0.25) is 4.79 Å². The van der Waals surface area contributed by atoms with Crippen molar-refractivity contribution in [1.29, 1.82) is 0 Å². The van der Waals surface area contributed by atoms with Crippen LogP contribution in [0, 0.1) is 6.92 Å². The molecule has 0 aliphatic heterocycles. The maximum atomic E-state index is 13.1. The Labute approximate surface area is 207 Å². The number of hydrogen-bond donors (Lipinski definition) is 0. The van der Waals surface area contributed by atoms with Gasteiger partial charge in [-0.1, -0.05) is 23.7 Å². The van der Waals surface area contributed by atoms with E-state index < -0.39 is 5.97 Å². The maximum Gasteiger partial charge on any atom is 0.347 e. The van der Waals surface area contributed by atoms with E-state index in [9.17, 15) is 9.59 Å². The highest BCUT2D eigenvalue weighted by Crippen LogP contribution is 2.33. The number of aryl methyl sites for hydroxylation is 1. The first-order valence-corrected chi connectivity index (χ1v) is 11.3. The normalized spacial score (nSPS) is 11.1. The molecular weight excluding hydrogens is 468 g/mol. The molecule has 0 N–H and O–H groups in total. The van der Waals surface area contributed by atoms with Crippen LogP contribution in [0.3, 0.4) is 0 Å². The second kappa shape index (κ2) is 10.5. The third-order valence-electron chi connectivity index (χ3n) is 5.30. The van der Waals surface area contributed by atoms with E-state index in [1.165, 1.54) is 13.2 Å². The van der Waals surface area contributed by atoms with Crippen LogP contribution in [0.4, 0.5) is 0 Å². The van der Waals surface area contributed by atoms with E-state index in [1.54, 1.807) is 73.7 Å². The van der Waals surface area contributed by atoms with Crippen LogP contribution in [0.1, 0.15) is 39.0 Å². The molecule has 1 heterocycles. The maximum absolute atomic E-state index is 13.1. The molecule has 0 spiro atoms. The van der Waals surface area contributed by atoms with Crippen molar-refractivity contribution in [1.82, 2.24) is 0 Å². The fraction of sp³-hybridized carbons (Fsp3) is 0.143. The van der Waals surface area contributed by atoms with Crippen molar-refractivity contribution in [3.05, 3.63) is 94.2 Å². The number of esters is 1. The van der Waals surface area contributed by atoms with Crippen molar-refractivity contribution in [2.75, 3.05) is 13.7 Å². The molecule has 0 fully saturated rings. The minimum Gasteiger partial charge on any atom is -0.494 e. The molecule has 0 aliphatic rings. The van der Waals surface area contributed by atoms with Gasteiger partial charge >= 0.3 is 5.97 Å². The van der Waals surface area contributed by atoms with Gasteiger partial charge in [0, 0.05) is 16.0 Å². The minimum absolute atomic E-state index is 0.162. The Bertz CT molecular complexity index is 1420. The lowest BCUT2D eigenvalue weighted by molar-refractivity contribution is 0.0729. The molecule has 4 rings (SSSR count). The van der Waals surface area contributed by atoms with E-state index in [0.29, 0.717) is 56.5 Å². The van der Waals surface area contributed by atoms with E-state index in [0.717, 1.165) is 0 Å². The number of ketones is 1. The average Bonchev–Trinajstić information content (AvgIpc) is 3.18. The molecule has 0 saturated heterocycles. The Morgan fingerprint density at radius 3 is 2.49 bits per heavy atom. The number of furan rings is 1. The number of methoxy groups -OCH3 is 1. The monoisotopic (exact) mass is 490 g/mol. The summed E-state index contributed by atoms with van der Waals surface area (Å²) in [5, 5.41) is 1.17. The van der Waals surface area contributed by atoms with Crippen LogP contribution < -0.4 is 14.2 Å². The molecule has 3 aromatic carbocycles. The van der Waals surface area contributed by atoms with Crippen LogP contribution in [0.5, 0.6) is 17.2 Å². The lowest BCUT2D eigenvalue weighted by Crippen LogP contribution is -2.10. The lowest BCUT2D eigenvalue weighted by atomic mass is 10.1. The summed E-state index contributed by atoms with van der Waals surface area (Å²) in [7, 11) is 1.48. The number of benzene rings is 3. The number of halogens is 1. The van der Waals surface area contributed by atoms with Crippen molar-refractivity contribution in [2.24, 2.45) is 0 Å². The van der Waals surface area contributed by atoms with Crippen molar-refractivity contribution in [3.63, 3.8) is 0 Å². The number of rotatable bonds is 8. The van der Waals surface area contributed by atoms with Crippen molar-refractivity contribution < 1.29 is 28.2 Å². The van der Waals surface area contributed by atoms with Crippen LogP contribution in [-0.4, -0.2) is 25.5 Å². The van der Waals surface area contributed by atoms with Gasteiger partial charge in [0.2, 0.25) is 0 Å². The van der Waals surface area contributed by atoms with Crippen LogP contribution in [-0.2, 0) is 0 Å². The van der Waals surface area contributed by atoms with Crippen molar-refractivity contribution in [3.8, 4) is 17.2 Å². The predicted octanol–water partition coefficient (Wildman–Crippen LogP) is 6.92. The zero-order chi connectivity index (χ0) is 24.9. The summed E-state index contributed by atoms with van der Waals surface area (Å²) in [4.78, 5) is 25.5. The summed E-state index contributed by atoms with van der Waals surface area (Å²) < 4.78 is 22.4. The van der Waals surface area contributed by atoms with Gasteiger partial charge in [0.15, 0.2) is 17.3 Å². The van der Waals surface area contributed by atoms with E-state index >= 15 is 0 Å². The molecule has 0 aliphatic carbocycles. The molecule has 1 aromatic heterocycles. The molecule has 0 radical (unpaired) electrons. The second-order valence-electron chi connectivity index (χ2n) is 7.63. The topological polar surface area (TPSA) is 75.0 Å². The molecular formula is C28H23ClO6. The Kier molecular flexibility index (Phi) is 7.22. The lowest BCUT2D eigenvalue weighted by Gasteiger charge is -2.10. The minimum atomic E-state index is -0.575. The van der Waals surface area contributed by atoms with Crippen LogP contribution >= 0.6 is 11.6 Å². The van der Waals surface area contributed by atoms with Gasteiger partial charge in [-0.05, 0) is 80.1 Å². The third kappa shape index (κ3) is 5.39. The third-order valence-corrected chi connectivity index (χ3v) is 5.55. The van der Waals surface area contributed by atoms with E-state index in [-0.39, 0.29) is 11.5 Å². The van der Waals surface area contributed by atoms with Gasteiger partial charge in [-0.2, -0.15) is 0 Å². The quantitative estimate of drug-likeness (QED) is 0.115. The predicted molar refractivity (Wildman–Crippen MR) is 135 cm³/mol. The molecule has 6 nitrogen and oxygen atoms in total. The Morgan fingerprint density at radius 2 is 1.77 bits per heavy atom. The van der Waals surface area contributed by atoms with E-state index in [1.807, 2.05) is 6.92 Å². The van der Waals surface area contributed by atoms with Crippen molar-refractivity contribution >= 4 is 40.4 Å². The number of allylic oxidation sites excluding steroid dienone is 1. The Morgan fingerprint density at radius 1 is 1.00 bits per heavy atom. The molecule has 0 amide bonds. The fourth-order valence-corrected chi connectivity index (χ4v) is 3.74. The SMILES string of the molecule is CCOc1ccc2oc(C)c(C(=O)Oc3ccc(/C=C/C(=O)c4ccc(Cl)cc4)cc3OC)c2c1. The summed E-state index contributed by atoms with van der Waals surface area (Å²) in [5.41, 5.74) is 2.12. The number of carbonyl (C=O) groups excluding carboxylic acids is 2. The summed E-state index contributed by atoms with van der Waals surface area (Å²) in [6.07, 6.45) is 3.12. The largest absolute Gasteiger partial charge is 0.494 e. The molecule has 178 valence electrons. The highest BCUT2D eigenvalue weighted by atomic mass is 35.5. The number of fused-ring (bicyclic) bond motifs is 1. The fourth-order valence-electron chi connectivity index (χ4n) is 3.61. The molecule has 0 atom stereocenters. The first-order chi connectivity index (χ1) is 16.9. The molecule has 0 saturated carbocycles. The zero-order valence-electron chi connectivity index (χ0n) is 19.5. The van der Waals surface area contributed by atoms with Gasteiger partial charge < -0.3 is 18.6 Å². The van der Waals surface area contributed by atoms with E-state index in [4.69, 9.17) is 30.2 Å². The van der Waals surface area contributed by atoms with Crippen LogP contribution in [0.2, 0.25) is 5.02 Å². The Balaban J connectivity index is 1.55. The van der Waals surface area contributed by atoms with Gasteiger partial charge in [0.05, 0.1) is 13.7 Å². The van der Waals surface area contributed by atoms with Gasteiger partial charge in [-0.25, -0.2) is 4.79 Å². The van der Waals surface area contributed by atoms with E-state index in [2.05, 4.69) is 0 Å². The highest BCUT2D eigenvalue weighted by molar-refractivity contribution is 6.30. The average molecular weight is 491 g/mol. The Hall–Kier alpha value is -4.03. The van der Waals surface area contributed by atoms with Crippen molar-refractivity contribution in [2.45, 2.75) is 13.8 Å². The number of carbonyl (C=O) groups is 2. The first-order valence-electron chi connectivity index (χ1n) is 10.9. The first kappa shape index (κ1) is 24.1. The zero-order valence-corrected chi connectivity index (χ0v) is 20.2. The molecule has 4 aromatic rings. The van der Waals surface area contributed by atoms with Crippen LogP contribution in [0.25, 0.3) is 17.0 Å². The molecule has 35 heavy (non-hydrogen) atoms. The van der Waals surface area contributed by atoms with Gasteiger partial charge in [0.25, 0.3) is 0 Å². The molecule has 0 bridgehead atoms. The highest BCUT2D eigenvalue weighted by Gasteiger charge is 2.22. The van der Waals surface area contributed by atoms with Crippen LogP contribution in [0.15, 0.2) is 71.2 Å². The number of hydrogen-bond acceptors (Lipinski definition) is 6. The van der Waals surface area contributed by atoms with Gasteiger partial charge in [0.1, 0.15) is 22.7 Å². The molecule has 7 heteroatoms. The standard InChI is InChI=1S/C28H23ClO6/c1-4-33-21-11-14-24-22(16-21)27(17(2)34-24)28(31)35-25-13-6-18(15-26(25)32-3)5-12-23(30)19-7-9-20(29)10-8-19/h5-16H,4H2,1-3H3/b12-5+. The summed E-state index contributed by atoms with van der Waals surface area (Å²) in [6, 6.07) is 17.0. The van der Waals surface area contributed by atoms with Gasteiger partial charge in [-0.15, -0.1) is 0 Å². The summed E-state index contributed by atoms with van der Waals surface area (Å²) in [5.74, 6) is 0.933. The second-order valence-corrected chi connectivity index (χ2v) is 8.06. The number of ether oxygens (including phenoxy) is 3. The molecule has 0 unspecified atom stereocenters. The smallest absolute Gasteiger partial charge is 0.347 e.